The second-order valence-corrected chi connectivity index (χ2v) is 4.02. The van der Waals surface area contributed by atoms with Gasteiger partial charge in [-0.15, -0.1) is 0 Å². The van der Waals surface area contributed by atoms with Gasteiger partial charge in [0.2, 0.25) is 0 Å². The van der Waals surface area contributed by atoms with E-state index in [1.165, 1.54) is 18.7 Å². The third-order valence-electron chi connectivity index (χ3n) is 2.78. The van der Waals surface area contributed by atoms with E-state index in [2.05, 4.69) is 9.55 Å². The molecule has 0 atom stereocenters. The molecule has 3 heteroatoms. The lowest BCUT2D eigenvalue weighted by Crippen LogP contribution is -1.98. The van der Waals surface area contributed by atoms with Crippen LogP contribution in [-0.4, -0.2) is 9.55 Å². The van der Waals surface area contributed by atoms with Crippen molar-refractivity contribution in [1.82, 2.24) is 9.55 Å². The first-order valence-electron chi connectivity index (χ1n) is 5.24. The summed E-state index contributed by atoms with van der Waals surface area (Å²) in [5.41, 5.74) is 7.61. The van der Waals surface area contributed by atoms with E-state index in [9.17, 15) is 0 Å². The molecule has 1 aromatic carbocycles. The summed E-state index contributed by atoms with van der Waals surface area (Å²) in [6, 6.07) is 7.91. The number of anilines is 1. The number of aromatic nitrogens is 2. The van der Waals surface area contributed by atoms with Gasteiger partial charge in [-0.25, -0.2) is 4.98 Å². The van der Waals surface area contributed by atoms with Crippen molar-refractivity contribution in [3.05, 3.63) is 42.5 Å². The average Bonchev–Trinajstić information content (AvgIpc) is 2.98. The van der Waals surface area contributed by atoms with Crippen molar-refractivity contribution in [1.29, 1.82) is 0 Å². The third-order valence-corrected chi connectivity index (χ3v) is 2.78. The number of hydrogen-bond acceptors (Lipinski definition) is 2. The summed E-state index contributed by atoms with van der Waals surface area (Å²) < 4.78 is 2.15. The minimum Gasteiger partial charge on any atom is -0.399 e. The summed E-state index contributed by atoms with van der Waals surface area (Å²) in [6.45, 7) is 0. The van der Waals surface area contributed by atoms with Crippen LogP contribution in [0.1, 0.15) is 24.6 Å². The minimum atomic E-state index is 0.664. The maximum absolute atomic E-state index is 5.67. The third kappa shape index (κ3) is 1.50. The largest absolute Gasteiger partial charge is 0.399 e. The number of nitrogen functional groups attached to an aromatic ring is 1. The van der Waals surface area contributed by atoms with Gasteiger partial charge >= 0.3 is 0 Å². The Morgan fingerprint density at radius 1 is 1.20 bits per heavy atom. The molecule has 0 bridgehead atoms. The van der Waals surface area contributed by atoms with Gasteiger partial charge in [0.25, 0.3) is 0 Å². The number of imidazole rings is 1. The van der Waals surface area contributed by atoms with Gasteiger partial charge in [-0.2, -0.15) is 0 Å². The summed E-state index contributed by atoms with van der Waals surface area (Å²) >= 11 is 0. The van der Waals surface area contributed by atoms with E-state index in [4.69, 9.17) is 5.73 Å². The van der Waals surface area contributed by atoms with Gasteiger partial charge in [-0.1, -0.05) is 0 Å². The first kappa shape index (κ1) is 8.53. The first-order valence-corrected chi connectivity index (χ1v) is 5.24. The fraction of sp³-hybridized carbons (Fsp3) is 0.250. The van der Waals surface area contributed by atoms with E-state index < -0.39 is 0 Å². The molecule has 1 heterocycles. The SMILES string of the molecule is Nc1ccc(-n2ccnc2C2CC2)cc1. The zero-order valence-corrected chi connectivity index (χ0v) is 8.43. The topological polar surface area (TPSA) is 43.8 Å². The van der Waals surface area contributed by atoms with Crippen LogP contribution < -0.4 is 5.73 Å². The average molecular weight is 199 g/mol. The molecule has 76 valence electrons. The highest BCUT2D eigenvalue weighted by molar-refractivity contribution is 5.45. The van der Waals surface area contributed by atoms with Gasteiger partial charge in [0, 0.05) is 29.7 Å². The van der Waals surface area contributed by atoms with E-state index >= 15 is 0 Å². The van der Waals surface area contributed by atoms with Gasteiger partial charge in [0.15, 0.2) is 0 Å². The number of nitrogens with two attached hydrogens (primary N) is 1. The van der Waals surface area contributed by atoms with Crippen molar-refractivity contribution >= 4 is 5.69 Å². The summed E-state index contributed by atoms with van der Waals surface area (Å²) in [7, 11) is 0. The van der Waals surface area contributed by atoms with Crippen LogP contribution >= 0.6 is 0 Å². The highest BCUT2D eigenvalue weighted by Gasteiger charge is 2.28. The van der Waals surface area contributed by atoms with Gasteiger partial charge in [-0.3, -0.25) is 0 Å². The summed E-state index contributed by atoms with van der Waals surface area (Å²) in [5.74, 6) is 1.84. The molecule has 0 unspecified atom stereocenters. The monoisotopic (exact) mass is 199 g/mol. The van der Waals surface area contributed by atoms with Crippen molar-refractivity contribution in [2.45, 2.75) is 18.8 Å². The number of nitrogens with zero attached hydrogens (tertiary/aromatic N) is 2. The summed E-state index contributed by atoms with van der Waals surface area (Å²) in [6.07, 6.45) is 6.42. The Hall–Kier alpha value is -1.77. The van der Waals surface area contributed by atoms with Crippen LogP contribution in [-0.2, 0) is 0 Å². The molecule has 0 amide bonds. The molecule has 3 nitrogen and oxygen atoms in total. The summed E-state index contributed by atoms with van der Waals surface area (Å²) in [5, 5.41) is 0. The van der Waals surface area contributed by atoms with Crippen LogP contribution in [0.3, 0.4) is 0 Å². The molecule has 1 fully saturated rings. The molecule has 1 aromatic heterocycles. The van der Waals surface area contributed by atoms with Gasteiger partial charge in [-0.05, 0) is 37.1 Å². The highest BCUT2D eigenvalue weighted by Crippen LogP contribution is 2.39. The quantitative estimate of drug-likeness (QED) is 0.754. The van der Waals surface area contributed by atoms with E-state index in [1.54, 1.807) is 0 Å². The van der Waals surface area contributed by atoms with Crippen molar-refractivity contribution in [3.8, 4) is 5.69 Å². The molecule has 2 aromatic rings. The molecule has 0 radical (unpaired) electrons. The van der Waals surface area contributed by atoms with E-state index in [1.807, 2.05) is 36.7 Å². The Labute approximate surface area is 88.6 Å². The minimum absolute atomic E-state index is 0.664. The molecule has 0 saturated heterocycles. The maximum atomic E-state index is 5.67. The zero-order chi connectivity index (χ0) is 10.3. The van der Waals surface area contributed by atoms with Gasteiger partial charge in [0.1, 0.15) is 5.82 Å². The van der Waals surface area contributed by atoms with E-state index in [-0.39, 0.29) is 0 Å². The van der Waals surface area contributed by atoms with Crippen molar-refractivity contribution in [3.63, 3.8) is 0 Å². The molecule has 15 heavy (non-hydrogen) atoms. The van der Waals surface area contributed by atoms with Crippen LogP contribution in [0.2, 0.25) is 0 Å². The predicted molar refractivity (Wildman–Crippen MR) is 60.0 cm³/mol. The predicted octanol–water partition coefficient (Wildman–Crippen LogP) is 2.33. The molecule has 0 aliphatic heterocycles. The molecule has 0 spiro atoms. The molecule has 1 aliphatic rings. The van der Waals surface area contributed by atoms with Crippen LogP contribution in [0.15, 0.2) is 36.7 Å². The standard InChI is InChI=1S/C12H13N3/c13-10-3-5-11(6-4-10)15-8-7-14-12(15)9-1-2-9/h3-9H,1-2,13H2. The van der Waals surface area contributed by atoms with Crippen molar-refractivity contribution < 1.29 is 0 Å². The van der Waals surface area contributed by atoms with Crippen molar-refractivity contribution in [2.75, 3.05) is 5.73 Å². The lowest BCUT2D eigenvalue weighted by atomic mass is 10.2. The van der Waals surface area contributed by atoms with E-state index in [0.29, 0.717) is 5.92 Å². The van der Waals surface area contributed by atoms with Crippen LogP contribution in [0, 0.1) is 0 Å². The smallest absolute Gasteiger partial charge is 0.116 e. The second kappa shape index (κ2) is 3.12. The Morgan fingerprint density at radius 2 is 1.93 bits per heavy atom. The van der Waals surface area contributed by atoms with Crippen LogP contribution in [0.4, 0.5) is 5.69 Å². The number of rotatable bonds is 2. The van der Waals surface area contributed by atoms with Gasteiger partial charge < -0.3 is 10.3 Å². The Morgan fingerprint density at radius 3 is 2.60 bits per heavy atom. The number of benzene rings is 1. The molecule has 1 saturated carbocycles. The van der Waals surface area contributed by atoms with Crippen LogP contribution in [0.5, 0.6) is 0 Å². The lowest BCUT2D eigenvalue weighted by molar-refractivity contribution is 0.880. The highest BCUT2D eigenvalue weighted by atomic mass is 15.1. The normalized spacial score (nSPS) is 15.5. The Bertz CT molecular complexity index is 466. The zero-order valence-electron chi connectivity index (χ0n) is 8.43. The van der Waals surface area contributed by atoms with Crippen molar-refractivity contribution in [2.24, 2.45) is 0 Å². The first-order chi connectivity index (χ1) is 7.34. The second-order valence-electron chi connectivity index (χ2n) is 4.02. The van der Waals surface area contributed by atoms with Crippen LogP contribution in [0.25, 0.3) is 5.69 Å². The molecule has 1 aliphatic carbocycles. The summed E-state index contributed by atoms with van der Waals surface area (Å²) in [4.78, 5) is 4.41. The number of hydrogen-bond donors (Lipinski definition) is 1. The Balaban J connectivity index is 2.04. The fourth-order valence-corrected chi connectivity index (χ4v) is 1.81. The van der Waals surface area contributed by atoms with Gasteiger partial charge in [0.05, 0.1) is 0 Å². The molecule has 3 rings (SSSR count). The maximum Gasteiger partial charge on any atom is 0.116 e. The fourth-order valence-electron chi connectivity index (χ4n) is 1.81. The molecular formula is C12H13N3. The lowest BCUT2D eigenvalue weighted by Gasteiger charge is -2.06. The molecular weight excluding hydrogens is 186 g/mol. The van der Waals surface area contributed by atoms with E-state index in [0.717, 1.165) is 11.4 Å². The Kier molecular flexibility index (Phi) is 1.78. The molecule has 2 N–H and O–H groups in total.